The highest BCUT2D eigenvalue weighted by atomic mass is 32.2. The largest absolute Gasteiger partial charge is 0.301 e. The van der Waals surface area contributed by atoms with Gasteiger partial charge in [0, 0.05) is 10.9 Å². The van der Waals surface area contributed by atoms with E-state index in [1.54, 1.807) is 24.3 Å². The van der Waals surface area contributed by atoms with Crippen LogP contribution in [-0.2, 0) is 14.6 Å². The van der Waals surface area contributed by atoms with Gasteiger partial charge in [-0.1, -0.05) is 48.0 Å². The van der Waals surface area contributed by atoms with Gasteiger partial charge < -0.3 is 5.32 Å². The van der Waals surface area contributed by atoms with Gasteiger partial charge >= 0.3 is 0 Å². The topological polar surface area (TPSA) is 76.1 Å². The number of nitrogens with zero attached hydrogens (tertiary/aromatic N) is 1. The van der Waals surface area contributed by atoms with E-state index < -0.39 is 20.5 Å². The number of sulfone groups is 1. The SMILES string of the molecule is Cc1ccc(S(=O)(=O)C2(C(=O)Nc3nc(-c4ccccc4)cs3)CCC2)cc1. The van der Waals surface area contributed by atoms with Gasteiger partial charge in [0.05, 0.1) is 10.6 Å². The van der Waals surface area contributed by atoms with E-state index in [1.165, 1.54) is 11.3 Å². The summed E-state index contributed by atoms with van der Waals surface area (Å²) in [5, 5.41) is 5.02. The molecular weight excluding hydrogens is 392 g/mol. The summed E-state index contributed by atoms with van der Waals surface area (Å²) in [6.45, 7) is 1.90. The summed E-state index contributed by atoms with van der Waals surface area (Å²) in [4.78, 5) is 17.7. The lowest BCUT2D eigenvalue weighted by molar-refractivity contribution is -0.120. The third kappa shape index (κ3) is 3.14. The molecule has 1 aliphatic carbocycles. The number of nitrogens with one attached hydrogen (secondary N) is 1. The van der Waals surface area contributed by atoms with E-state index in [2.05, 4.69) is 10.3 Å². The lowest BCUT2D eigenvalue weighted by Crippen LogP contribution is -2.54. The van der Waals surface area contributed by atoms with E-state index in [0.717, 1.165) is 16.8 Å². The fraction of sp³-hybridized carbons (Fsp3) is 0.238. The maximum Gasteiger partial charge on any atom is 0.248 e. The number of carbonyl (C=O) groups excluding carboxylic acids is 1. The Labute approximate surface area is 168 Å². The van der Waals surface area contributed by atoms with Crippen LogP contribution in [0.5, 0.6) is 0 Å². The average molecular weight is 413 g/mol. The predicted octanol–water partition coefficient (Wildman–Crippen LogP) is 4.45. The summed E-state index contributed by atoms with van der Waals surface area (Å²) in [6, 6.07) is 16.3. The maximum atomic E-state index is 13.2. The molecular formula is C21H20N2O3S2. The van der Waals surface area contributed by atoms with Crippen LogP contribution in [0.25, 0.3) is 11.3 Å². The summed E-state index contributed by atoms with van der Waals surface area (Å²) in [7, 11) is -3.78. The Bertz CT molecular complexity index is 1100. The Kier molecular flexibility index (Phi) is 4.81. The van der Waals surface area contributed by atoms with Crippen LogP contribution >= 0.6 is 11.3 Å². The number of rotatable bonds is 5. The van der Waals surface area contributed by atoms with Gasteiger partial charge in [0.25, 0.3) is 0 Å². The normalized spacial score (nSPS) is 15.6. The van der Waals surface area contributed by atoms with E-state index in [-0.39, 0.29) is 4.90 Å². The molecule has 144 valence electrons. The minimum Gasteiger partial charge on any atom is -0.301 e. The van der Waals surface area contributed by atoms with Gasteiger partial charge in [0.2, 0.25) is 5.91 Å². The Morgan fingerprint density at radius 2 is 1.75 bits per heavy atom. The van der Waals surface area contributed by atoms with Crippen LogP contribution in [0.1, 0.15) is 24.8 Å². The van der Waals surface area contributed by atoms with E-state index in [0.29, 0.717) is 24.4 Å². The van der Waals surface area contributed by atoms with Crippen LogP contribution in [0.2, 0.25) is 0 Å². The van der Waals surface area contributed by atoms with Gasteiger partial charge in [-0.15, -0.1) is 11.3 Å². The van der Waals surface area contributed by atoms with Crippen molar-refractivity contribution < 1.29 is 13.2 Å². The molecule has 1 heterocycles. The molecule has 3 aromatic rings. The molecule has 0 aliphatic heterocycles. The summed E-state index contributed by atoms with van der Waals surface area (Å²) in [5.74, 6) is -0.492. The van der Waals surface area contributed by atoms with Crippen molar-refractivity contribution in [3.05, 3.63) is 65.5 Å². The van der Waals surface area contributed by atoms with E-state index in [4.69, 9.17) is 0 Å². The first kappa shape index (κ1) is 18.8. The molecule has 1 N–H and O–H groups in total. The molecule has 1 aliphatic rings. The van der Waals surface area contributed by atoms with E-state index in [1.807, 2.05) is 42.6 Å². The number of aromatic nitrogens is 1. The van der Waals surface area contributed by atoms with Crippen molar-refractivity contribution in [1.29, 1.82) is 0 Å². The lowest BCUT2D eigenvalue weighted by atomic mass is 9.83. The molecule has 7 heteroatoms. The van der Waals surface area contributed by atoms with Gasteiger partial charge in [-0.3, -0.25) is 4.79 Å². The highest BCUT2D eigenvalue weighted by molar-refractivity contribution is 7.93. The zero-order valence-electron chi connectivity index (χ0n) is 15.4. The standard InChI is InChI=1S/C21H20N2O3S2/c1-15-8-10-17(11-9-15)28(25,26)21(12-5-13-21)19(24)23-20-22-18(14-27-20)16-6-3-2-4-7-16/h2-4,6-11,14H,5,12-13H2,1H3,(H,22,23,24). The Hall–Kier alpha value is -2.51. The Morgan fingerprint density at radius 1 is 1.07 bits per heavy atom. The predicted molar refractivity (Wildman–Crippen MR) is 111 cm³/mol. The van der Waals surface area contributed by atoms with Crippen LogP contribution in [0, 0.1) is 6.92 Å². The fourth-order valence-electron chi connectivity index (χ4n) is 3.34. The van der Waals surface area contributed by atoms with Gasteiger partial charge in [0.15, 0.2) is 19.7 Å². The first-order chi connectivity index (χ1) is 13.4. The van der Waals surface area contributed by atoms with E-state index >= 15 is 0 Å². The molecule has 4 rings (SSSR count). The highest BCUT2D eigenvalue weighted by Gasteiger charge is 2.55. The first-order valence-corrected chi connectivity index (χ1v) is 11.4. The molecule has 0 atom stereocenters. The molecule has 5 nitrogen and oxygen atoms in total. The minimum absolute atomic E-state index is 0.192. The molecule has 28 heavy (non-hydrogen) atoms. The van der Waals surface area contributed by atoms with Gasteiger partial charge in [-0.25, -0.2) is 13.4 Å². The van der Waals surface area contributed by atoms with Gasteiger partial charge in [-0.05, 0) is 38.3 Å². The van der Waals surface area contributed by atoms with Crippen LogP contribution in [0.4, 0.5) is 5.13 Å². The summed E-state index contributed by atoms with van der Waals surface area (Å²) >= 11 is 1.29. The van der Waals surface area contributed by atoms with Crippen molar-refractivity contribution in [2.75, 3.05) is 5.32 Å². The second-order valence-corrected chi connectivity index (χ2v) is 10.1. The van der Waals surface area contributed by atoms with Crippen molar-refractivity contribution >= 4 is 32.2 Å². The third-order valence-electron chi connectivity index (χ3n) is 5.21. The second kappa shape index (κ2) is 7.14. The number of amides is 1. The number of aryl methyl sites for hydroxylation is 1. The zero-order chi connectivity index (χ0) is 19.8. The first-order valence-electron chi connectivity index (χ1n) is 9.06. The number of benzene rings is 2. The zero-order valence-corrected chi connectivity index (χ0v) is 17.0. The molecule has 0 radical (unpaired) electrons. The average Bonchev–Trinajstić information content (AvgIpc) is 3.10. The van der Waals surface area contributed by atoms with Gasteiger partial charge in [0.1, 0.15) is 0 Å². The van der Waals surface area contributed by atoms with E-state index in [9.17, 15) is 13.2 Å². The fourth-order valence-corrected chi connectivity index (χ4v) is 6.12. The van der Waals surface area contributed by atoms with Crippen molar-refractivity contribution in [1.82, 2.24) is 4.98 Å². The Morgan fingerprint density at radius 3 is 2.36 bits per heavy atom. The summed E-state index contributed by atoms with van der Waals surface area (Å²) < 4.78 is 25.0. The molecule has 1 amide bonds. The number of thiazole rings is 1. The van der Waals surface area contributed by atoms with Crippen LogP contribution in [0.3, 0.4) is 0 Å². The monoisotopic (exact) mass is 412 g/mol. The Balaban J connectivity index is 1.59. The third-order valence-corrected chi connectivity index (χ3v) is 8.49. The van der Waals surface area contributed by atoms with Crippen LogP contribution < -0.4 is 5.32 Å². The molecule has 0 spiro atoms. The van der Waals surface area contributed by atoms with Crippen molar-refractivity contribution in [3.63, 3.8) is 0 Å². The van der Waals surface area contributed by atoms with Crippen LogP contribution in [-0.4, -0.2) is 24.1 Å². The molecule has 1 saturated carbocycles. The smallest absolute Gasteiger partial charge is 0.248 e. The molecule has 0 unspecified atom stereocenters. The summed E-state index contributed by atoms with van der Waals surface area (Å²) in [5.41, 5.74) is 2.68. The molecule has 1 aromatic heterocycles. The van der Waals surface area contributed by atoms with Crippen LogP contribution in [0.15, 0.2) is 64.9 Å². The lowest BCUT2D eigenvalue weighted by Gasteiger charge is -2.38. The summed E-state index contributed by atoms with van der Waals surface area (Å²) in [6.07, 6.45) is 1.36. The molecule has 0 saturated heterocycles. The second-order valence-electron chi connectivity index (χ2n) is 7.02. The van der Waals surface area contributed by atoms with Crippen molar-refractivity contribution in [2.45, 2.75) is 35.8 Å². The van der Waals surface area contributed by atoms with Crippen molar-refractivity contribution in [2.24, 2.45) is 0 Å². The molecule has 0 bridgehead atoms. The highest BCUT2D eigenvalue weighted by Crippen LogP contribution is 2.44. The number of hydrogen-bond acceptors (Lipinski definition) is 5. The number of hydrogen-bond donors (Lipinski definition) is 1. The minimum atomic E-state index is -3.78. The maximum absolute atomic E-state index is 13.2. The number of carbonyl (C=O) groups is 1. The molecule has 1 fully saturated rings. The van der Waals surface area contributed by atoms with Gasteiger partial charge in [-0.2, -0.15) is 0 Å². The number of anilines is 1. The quantitative estimate of drug-likeness (QED) is 0.672. The molecule has 2 aromatic carbocycles. The van der Waals surface area contributed by atoms with Crippen molar-refractivity contribution in [3.8, 4) is 11.3 Å².